The number of hydrogen-bond donors (Lipinski definition) is 2. The van der Waals surface area contributed by atoms with Crippen molar-refractivity contribution >= 4 is 61.6 Å². The van der Waals surface area contributed by atoms with Crippen molar-refractivity contribution in [3.05, 3.63) is 80.8 Å². The van der Waals surface area contributed by atoms with Gasteiger partial charge in [0, 0.05) is 24.3 Å². The van der Waals surface area contributed by atoms with E-state index in [1.807, 2.05) is 0 Å². The number of carboxylic acid groups (broad SMARTS) is 1. The molecule has 14 heteroatoms. The van der Waals surface area contributed by atoms with E-state index < -0.39 is 27.0 Å². The fourth-order valence-electron chi connectivity index (χ4n) is 4.68. The van der Waals surface area contributed by atoms with Crippen molar-refractivity contribution in [3.63, 3.8) is 0 Å². The molecule has 5 rings (SSSR count). The van der Waals surface area contributed by atoms with Gasteiger partial charge in [-0.1, -0.05) is 23.2 Å². The van der Waals surface area contributed by atoms with Gasteiger partial charge < -0.3 is 19.3 Å². The average Bonchev–Trinajstić information content (AvgIpc) is 3.36. The molecule has 1 saturated heterocycles. The zero-order chi connectivity index (χ0) is 28.6. The van der Waals surface area contributed by atoms with Crippen LogP contribution < -0.4 is 19.8 Å². The van der Waals surface area contributed by atoms with Gasteiger partial charge in [0.15, 0.2) is 0 Å². The molecule has 40 heavy (non-hydrogen) atoms. The molecule has 0 unspecified atom stereocenters. The van der Waals surface area contributed by atoms with Gasteiger partial charge in [-0.2, -0.15) is 0 Å². The first-order chi connectivity index (χ1) is 19.0. The SMILES string of the molecule is CS(=O)(=O)Nc1ccc(-n2cc(C(=O)O)c(=O)c3cc(Cl)c(N4CCC[C@@H]4COc4ncccc4Cl)cc32)cn1. The molecule has 11 nitrogen and oxygen atoms in total. The Kier molecular flexibility index (Phi) is 7.58. The fourth-order valence-corrected chi connectivity index (χ4v) is 5.63. The highest BCUT2D eigenvalue weighted by molar-refractivity contribution is 7.92. The number of ether oxygens (including phenoxy) is 1. The standard InChI is InChI=1S/C26H23Cl2N5O6S/c1-40(37,38)31-23-7-6-15(12-30-23)33-13-18(26(35)36)24(34)17-10-20(28)22(11-21(17)33)32-9-3-4-16(32)14-39-25-19(27)5-2-8-29-25/h2,5-8,10-13,16H,3-4,9,14H2,1H3,(H,30,31)(H,35,36)/t16-/m1/s1. The lowest BCUT2D eigenvalue weighted by atomic mass is 10.1. The summed E-state index contributed by atoms with van der Waals surface area (Å²) in [5, 5.41) is 10.5. The minimum absolute atomic E-state index is 0.0606. The highest BCUT2D eigenvalue weighted by Crippen LogP contribution is 2.36. The Bertz CT molecular complexity index is 1780. The van der Waals surface area contributed by atoms with E-state index in [9.17, 15) is 23.1 Å². The van der Waals surface area contributed by atoms with Crippen LogP contribution in [0, 0.1) is 0 Å². The Balaban J connectivity index is 1.57. The van der Waals surface area contributed by atoms with Gasteiger partial charge in [0.1, 0.15) is 23.0 Å². The summed E-state index contributed by atoms with van der Waals surface area (Å²) in [5.74, 6) is -0.974. The maximum Gasteiger partial charge on any atom is 0.341 e. The van der Waals surface area contributed by atoms with Crippen LogP contribution in [0.25, 0.3) is 16.6 Å². The normalized spacial score (nSPS) is 15.4. The number of fused-ring (bicyclic) bond motifs is 1. The van der Waals surface area contributed by atoms with Gasteiger partial charge in [-0.05, 0) is 49.2 Å². The summed E-state index contributed by atoms with van der Waals surface area (Å²) in [5.41, 5.74) is 0.327. The molecule has 0 spiro atoms. The molecule has 1 aliphatic heterocycles. The number of pyridine rings is 3. The Hall–Kier alpha value is -3.87. The molecule has 0 aliphatic carbocycles. The largest absolute Gasteiger partial charge is 0.477 e. The van der Waals surface area contributed by atoms with Crippen LogP contribution in [0.4, 0.5) is 11.5 Å². The summed E-state index contributed by atoms with van der Waals surface area (Å²) >= 11 is 12.9. The number of nitrogens with zero attached hydrogens (tertiary/aromatic N) is 4. The third-order valence-electron chi connectivity index (χ3n) is 6.44. The molecule has 2 N–H and O–H groups in total. The number of carboxylic acids is 1. The number of sulfonamides is 1. The van der Waals surface area contributed by atoms with Gasteiger partial charge in [0.05, 0.1) is 40.4 Å². The number of carbonyl (C=O) groups is 1. The van der Waals surface area contributed by atoms with Crippen molar-refractivity contribution < 1.29 is 23.1 Å². The average molecular weight is 604 g/mol. The summed E-state index contributed by atoms with van der Waals surface area (Å²) in [6.45, 7) is 0.981. The molecule has 1 aromatic carbocycles. The maximum atomic E-state index is 13.1. The van der Waals surface area contributed by atoms with E-state index in [2.05, 4.69) is 19.6 Å². The second-order valence-electron chi connectivity index (χ2n) is 9.23. The number of benzene rings is 1. The lowest BCUT2D eigenvalue weighted by molar-refractivity contribution is 0.0695. The number of hydrogen-bond acceptors (Lipinski definition) is 8. The predicted octanol–water partition coefficient (Wildman–Crippen LogP) is 4.21. The molecule has 1 atom stereocenters. The van der Waals surface area contributed by atoms with Gasteiger partial charge in [0.2, 0.25) is 21.3 Å². The minimum Gasteiger partial charge on any atom is -0.477 e. The van der Waals surface area contributed by atoms with Crippen LogP contribution in [0.2, 0.25) is 10.0 Å². The number of aromatic nitrogens is 3. The van der Waals surface area contributed by atoms with Crippen LogP contribution in [0.5, 0.6) is 5.88 Å². The molecular weight excluding hydrogens is 581 g/mol. The third kappa shape index (κ3) is 5.69. The molecule has 4 aromatic rings. The molecule has 1 fully saturated rings. The van der Waals surface area contributed by atoms with E-state index in [1.54, 1.807) is 30.5 Å². The zero-order valence-electron chi connectivity index (χ0n) is 21.0. The molecule has 4 heterocycles. The van der Waals surface area contributed by atoms with Crippen molar-refractivity contribution in [2.45, 2.75) is 18.9 Å². The molecule has 0 amide bonds. The van der Waals surface area contributed by atoms with Crippen molar-refractivity contribution in [2.75, 3.05) is 29.0 Å². The van der Waals surface area contributed by atoms with Crippen molar-refractivity contribution in [2.24, 2.45) is 0 Å². The van der Waals surface area contributed by atoms with E-state index in [1.165, 1.54) is 29.1 Å². The first kappa shape index (κ1) is 27.7. The molecule has 1 aliphatic rings. The number of anilines is 2. The Labute approximate surface area is 239 Å². The van der Waals surface area contributed by atoms with E-state index >= 15 is 0 Å². The van der Waals surface area contributed by atoms with Crippen LogP contribution >= 0.6 is 23.2 Å². The van der Waals surface area contributed by atoms with E-state index in [-0.39, 0.29) is 22.3 Å². The lowest BCUT2D eigenvalue weighted by Gasteiger charge is -2.28. The van der Waals surface area contributed by atoms with E-state index in [0.29, 0.717) is 40.9 Å². The lowest BCUT2D eigenvalue weighted by Crippen LogP contribution is -2.34. The van der Waals surface area contributed by atoms with E-state index in [0.717, 1.165) is 19.1 Å². The summed E-state index contributed by atoms with van der Waals surface area (Å²) in [6, 6.07) is 9.55. The minimum atomic E-state index is -3.54. The topological polar surface area (TPSA) is 144 Å². The number of aromatic carboxylic acids is 1. The molecule has 3 aromatic heterocycles. The molecule has 208 valence electrons. The van der Waals surface area contributed by atoms with Crippen LogP contribution in [0.15, 0.2) is 59.8 Å². The first-order valence-corrected chi connectivity index (χ1v) is 14.7. The van der Waals surface area contributed by atoms with Crippen LogP contribution in [-0.2, 0) is 10.0 Å². The second-order valence-corrected chi connectivity index (χ2v) is 11.8. The van der Waals surface area contributed by atoms with Crippen molar-refractivity contribution in [1.29, 1.82) is 0 Å². The number of rotatable bonds is 8. The second kappa shape index (κ2) is 11.0. The summed E-state index contributed by atoms with van der Waals surface area (Å²) in [4.78, 5) is 35.4. The first-order valence-electron chi connectivity index (χ1n) is 12.1. The van der Waals surface area contributed by atoms with Gasteiger partial charge in [0.25, 0.3) is 0 Å². The smallest absolute Gasteiger partial charge is 0.341 e. The number of nitrogens with one attached hydrogen (secondary N) is 1. The van der Waals surface area contributed by atoms with Crippen LogP contribution in [0.3, 0.4) is 0 Å². The summed E-state index contributed by atoms with van der Waals surface area (Å²) in [6.07, 6.45) is 6.89. The molecule has 0 radical (unpaired) electrons. The van der Waals surface area contributed by atoms with Crippen molar-refractivity contribution in [3.8, 4) is 11.6 Å². The monoisotopic (exact) mass is 603 g/mol. The highest BCUT2D eigenvalue weighted by Gasteiger charge is 2.28. The van der Waals surface area contributed by atoms with Gasteiger partial charge >= 0.3 is 5.97 Å². The van der Waals surface area contributed by atoms with Gasteiger partial charge in [-0.3, -0.25) is 9.52 Å². The fraction of sp³-hybridized carbons (Fsp3) is 0.231. The zero-order valence-corrected chi connectivity index (χ0v) is 23.4. The van der Waals surface area contributed by atoms with Crippen LogP contribution in [-0.4, -0.2) is 59.5 Å². The summed E-state index contributed by atoms with van der Waals surface area (Å²) in [7, 11) is -3.54. The Morgan fingerprint density at radius 3 is 2.67 bits per heavy atom. The Morgan fingerprint density at radius 2 is 2.00 bits per heavy atom. The van der Waals surface area contributed by atoms with Crippen molar-refractivity contribution in [1.82, 2.24) is 14.5 Å². The van der Waals surface area contributed by atoms with Crippen LogP contribution in [0.1, 0.15) is 23.2 Å². The molecule has 0 bridgehead atoms. The van der Waals surface area contributed by atoms with Gasteiger partial charge in [-0.15, -0.1) is 0 Å². The molecular formula is C26H23Cl2N5O6S. The number of halogens is 2. The molecule has 0 saturated carbocycles. The highest BCUT2D eigenvalue weighted by atomic mass is 35.5. The van der Waals surface area contributed by atoms with E-state index in [4.69, 9.17) is 27.9 Å². The Morgan fingerprint density at radius 1 is 1.20 bits per heavy atom. The maximum absolute atomic E-state index is 13.1. The third-order valence-corrected chi connectivity index (χ3v) is 7.61. The predicted molar refractivity (Wildman–Crippen MR) is 153 cm³/mol. The summed E-state index contributed by atoms with van der Waals surface area (Å²) < 4.78 is 32.8. The quantitative estimate of drug-likeness (QED) is 0.302. The van der Waals surface area contributed by atoms with Gasteiger partial charge in [-0.25, -0.2) is 23.2 Å².